The van der Waals surface area contributed by atoms with Gasteiger partial charge in [-0.25, -0.2) is 0 Å². The van der Waals surface area contributed by atoms with E-state index >= 15 is 0 Å². The molecule has 0 N–H and O–H groups in total. The first-order chi connectivity index (χ1) is 13.8. The Morgan fingerprint density at radius 3 is 2.30 bits per heavy atom. The number of likely N-dealkylation sites (tertiary alicyclic amines) is 1. The van der Waals surface area contributed by atoms with Crippen LogP contribution in [0.2, 0.25) is 0 Å². The van der Waals surface area contributed by atoms with Crippen LogP contribution in [0, 0.1) is 5.41 Å². The summed E-state index contributed by atoms with van der Waals surface area (Å²) in [6, 6.07) is 4.68. The molecule has 1 unspecified atom stereocenters. The average molecular weight is 425 g/mol. The monoisotopic (exact) mass is 425 g/mol. The molecule has 1 aromatic carbocycles. The molecule has 1 fully saturated rings. The quantitative estimate of drug-likeness (QED) is 0.393. The van der Waals surface area contributed by atoms with Gasteiger partial charge in [-0.15, -0.1) is 0 Å². The largest absolute Gasteiger partial charge is 0.459 e. The fourth-order valence-electron chi connectivity index (χ4n) is 3.26. The molecule has 8 heteroatoms. The maximum Gasteiger partial charge on any atom is 0.416 e. The fourth-order valence-corrected chi connectivity index (χ4v) is 3.26. The first-order valence-corrected chi connectivity index (χ1v) is 9.64. The molecule has 1 aliphatic heterocycles. The van der Waals surface area contributed by atoms with E-state index in [2.05, 4.69) is 0 Å². The predicted molar refractivity (Wildman–Crippen MR) is 105 cm³/mol. The number of hydrogen-bond acceptors (Lipinski definition) is 4. The highest BCUT2D eigenvalue weighted by Gasteiger charge is 2.53. The summed E-state index contributed by atoms with van der Waals surface area (Å²) < 4.78 is 43.4. The van der Waals surface area contributed by atoms with E-state index in [0.29, 0.717) is 12.0 Å². The van der Waals surface area contributed by atoms with Gasteiger partial charge in [0.2, 0.25) is 11.8 Å². The third kappa shape index (κ3) is 5.49. The van der Waals surface area contributed by atoms with Crippen LogP contribution in [0.4, 0.5) is 13.2 Å². The second-order valence-electron chi connectivity index (χ2n) is 8.40. The second kappa shape index (κ2) is 8.62. The lowest BCUT2D eigenvalue weighted by Crippen LogP contribution is -2.55. The van der Waals surface area contributed by atoms with Crippen LogP contribution in [-0.4, -0.2) is 35.3 Å². The molecule has 164 valence electrons. The van der Waals surface area contributed by atoms with E-state index in [1.54, 1.807) is 32.9 Å². The molecule has 1 heterocycles. The number of hydrogen-bond donors (Lipinski definition) is 0. The van der Waals surface area contributed by atoms with Gasteiger partial charge in [0.1, 0.15) is 11.0 Å². The van der Waals surface area contributed by atoms with Gasteiger partial charge in [-0.05, 0) is 57.7 Å². The number of alkyl halides is 3. The van der Waals surface area contributed by atoms with Gasteiger partial charge in [0.05, 0.1) is 5.56 Å². The van der Waals surface area contributed by atoms with Crippen molar-refractivity contribution in [3.63, 3.8) is 0 Å². The fraction of sp³-hybridized carbons (Fsp3) is 0.500. The standard InChI is InChI=1S/C22H26F3NO4/c1-20(2,3)30-19(29)21(14-12-17(27)26(4)18(21)28)13-6-5-7-15-8-10-16(11-9-15)22(23,24)25/h5,7-11H,6,12-14H2,1-4H3/b7-5+. The lowest BCUT2D eigenvalue weighted by molar-refractivity contribution is -0.179. The molecule has 1 aromatic rings. The number of nitrogens with zero attached hydrogens (tertiary/aromatic N) is 1. The number of amides is 2. The van der Waals surface area contributed by atoms with Crippen molar-refractivity contribution in [2.24, 2.45) is 5.41 Å². The molecule has 0 aliphatic carbocycles. The van der Waals surface area contributed by atoms with Crippen LogP contribution < -0.4 is 0 Å². The number of imide groups is 1. The van der Waals surface area contributed by atoms with Crippen LogP contribution in [0.1, 0.15) is 57.6 Å². The lowest BCUT2D eigenvalue weighted by atomic mass is 9.75. The number of carbonyl (C=O) groups excluding carboxylic acids is 3. The van der Waals surface area contributed by atoms with E-state index < -0.39 is 34.6 Å². The number of rotatable bonds is 5. The number of carbonyl (C=O) groups is 3. The van der Waals surface area contributed by atoms with E-state index in [4.69, 9.17) is 4.74 Å². The summed E-state index contributed by atoms with van der Waals surface area (Å²) in [6.45, 7) is 5.10. The minimum atomic E-state index is -4.40. The van der Waals surface area contributed by atoms with Crippen molar-refractivity contribution < 1.29 is 32.3 Å². The van der Waals surface area contributed by atoms with Crippen LogP contribution in [0.3, 0.4) is 0 Å². The molecule has 0 spiro atoms. The molecular formula is C22H26F3NO4. The molecule has 0 aromatic heterocycles. The zero-order valence-corrected chi connectivity index (χ0v) is 17.5. The average Bonchev–Trinajstić information content (AvgIpc) is 2.63. The van der Waals surface area contributed by atoms with Crippen LogP contribution in [-0.2, 0) is 25.3 Å². The summed E-state index contributed by atoms with van der Waals surface area (Å²) in [7, 11) is 1.35. The van der Waals surface area contributed by atoms with Gasteiger partial charge in [-0.2, -0.15) is 13.2 Å². The maximum absolute atomic E-state index is 12.9. The van der Waals surface area contributed by atoms with Gasteiger partial charge < -0.3 is 4.74 Å². The molecule has 0 bridgehead atoms. The minimum absolute atomic E-state index is 0.0596. The maximum atomic E-state index is 12.9. The van der Waals surface area contributed by atoms with Crippen LogP contribution in [0.5, 0.6) is 0 Å². The molecule has 0 radical (unpaired) electrons. The molecule has 30 heavy (non-hydrogen) atoms. The third-order valence-electron chi connectivity index (χ3n) is 4.93. The molecule has 5 nitrogen and oxygen atoms in total. The normalized spacial score (nSPS) is 20.7. The molecule has 2 amide bonds. The summed E-state index contributed by atoms with van der Waals surface area (Å²) in [5.74, 6) is -1.60. The van der Waals surface area contributed by atoms with Crippen LogP contribution >= 0.6 is 0 Å². The summed E-state index contributed by atoms with van der Waals surface area (Å²) in [5.41, 5.74) is -2.42. The second-order valence-corrected chi connectivity index (χ2v) is 8.40. The Kier molecular flexibility index (Phi) is 6.79. The van der Waals surface area contributed by atoms with Crippen molar-refractivity contribution >= 4 is 23.9 Å². The minimum Gasteiger partial charge on any atom is -0.459 e. The summed E-state index contributed by atoms with van der Waals surface area (Å²) in [5, 5.41) is 0. The summed E-state index contributed by atoms with van der Waals surface area (Å²) in [6.07, 6.45) is -0.498. The van der Waals surface area contributed by atoms with Gasteiger partial charge in [-0.3, -0.25) is 19.3 Å². The Morgan fingerprint density at radius 1 is 1.17 bits per heavy atom. The van der Waals surface area contributed by atoms with Crippen molar-refractivity contribution in [1.82, 2.24) is 4.90 Å². The third-order valence-corrected chi connectivity index (χ3v) is 4.93. The zero-order valence-electron chi connectivity index (χ0n) is 17.5. The van der Waals surface area contributed by atoms with Crippen molar-refractivity contribution in [2.45, 2.75) is 58.2 Å². The highest BCUT2D eigenvalue weighted by molar-refractivity contribution is 6.10. The number of halogens is 3. The predicted octanol–water partition coefficient (Wildman–Crippen LogP) is 4.61. The van der Waals surface area contributed by atoms with Gasteiger partial charge in [0, 0.05) is 13.5 Å². The Hall–Kier alpha value is -2.64. The number of esters is 1. The number of allylic oxidation sites excluding steroid dienone is 1. The van der Waals surface area contributed by atoms with Crippen LogP contribution in [0.15, 0.2) is 30.3 Å². The van der Waals surface area contributed by atoms with Gasteiger partial charge in [-0.1, -0.05) is 24.3 Å². The van der Waals surface area contributed by atoms with Crippen molar-refractivity contribution in [3.05, 3.63) is 41.5 Å². The van der Waals surface area contributed by atoms with Crippen molar-refractivity contribution in [3.8, 4) is 0 Å². The Bertz CT molecular complexity index is 837. The van der Waals surface area contributed by atoms with Crippen molar-refractivity contribution in [1.29, 1.82) is 0 Å². The summed E-state index contributed by atoms with van der Waals surface area (Å²) in [4.78, 5) is 38.6. The highest BCUT2D eigenvalue weighted by atomic mass is 19.4. The molecule has 1 atom stereocenters. The number of benzene rings is 1. The summed E-state index contributed by atoms with van der Waals surface area (Å²) >= 11 is 0. The van der Waals surface area contributed by atoms with Gasteiger partial charge in [0.15, 0.2) is 0 Å². The lowest BCUT2D eigenvalue weighted by Gasteiger charge is -2.38. The number of ether oxygens (including phenoxy) is 1. The van der Waals surface area contributed by atoms with Crippen molar-refractivity contribution in [2.75, 3.05) is 7.05 Å². The molecular weight excluding hydrogens is 399 g/mol. The molecule has 1 saturated heterocycles. The molecule has 1 aliphatic rings. The van der Waals surface area contributed by atoms with E-state index in [1.165, 1.54) is 19.2 Å². The Morgan fingerprint density at radius 2 is 1.77 bits per heavy atom. The van der Waals surface area contributed by atoms with E-state index in [-0.39, 0.29) is 25.2 Å². The van der Waals surface area contributed by atoms with Gasteiger partial charge in [0.25, 0.3) is 0 Å². The van der Waals surface area contributed by atoms with Gasteiger partial charge >= 0.3 is 12.1 Å². The Labute approximate surface area is 173 Å². The van der Waals surface area contributed by atoms with Crippen LogP contribution in [0.25, 0.3) is 6.08 Å². The van der Waals surface area contributed by atoms with E-state index in [1.807, 2.05) is 0 Å². The SMILES string of the molecule is CN1C(=O)CCC(CC/C=C/c2ccc(C(F)(F)F)cc2)(C(=O)OC(C)(C)C)C1=O. The molecule has 0 saturated carbocycles. The van der Waals surface area contributed by atoms with E-state index in [9.17, 15) is 27.6 Å². The Balaban J connectivity index is 2.15. The zero-order chi connectivity index (χ0) is 22.7. The first-order valence-electron chi connectivity index (χ1n) is 9.64. The van der Waals surface area contributed by atoms with E-state index in [0.717, 1.165) is 17.0 Å². The number of piperidine rings is 1. The smallest absolute Gasteiger partial charge is 0.416 e. The first kappa shape index (κ1) is 23.6. The highest BCUT2D eigenvalue weighted by Crippen LogP contribution is 2.39. The molecule has 2 rings (SSSR count). The topological polar surface area (TPSA) is 63.7 Å².